The van der Waals surface area contributed by atoms with Crippen molar-refractivity contribution < 1.29 is 13.2 Å². The summed E-state index contributed by atoms with van der Waals surface area (Å²) < 4.78 is 34.3. The molecule has 0 atom stereocenters. The van der Waals surface area contributed by atoms with Crippen molar-refractivity contribution in [2.24, 2.45) is 4.40 Å². The van der Waals surface area contributed by atoms with E-state index in [9.17, 15) is 8.42 Å². The molecule has 4 nitrogen and oxygen atoms in total. The summed E-state index contributed by atoms with van der Waals surface area (Å²) >= 11 is 0. The van der Waals surface area contributed by atoms with Crippen LogP contribution in [0.5, 0.6) is 5.06 Å². The molecule has 0 radical (unpaired) electrons. The molecule has 1 heterocycles. The minimum absolute atomic E-state index is 0.207. The van der Waals surface area contributed by atoms with Gasteiger partial charge in [-0.25, -0.2) is 0 Å². The SMILES string of the molecule is CCOc1ssc(=NS(=O)(=O)c2ccc(C)cc2)c1C. The third-order valence-corrected chi connectivity index (χ3v) is 6.42. The Hall–Kier alpha value is -1.18. The number of ether oxygens (including phenoxy) is 1. The van der Waals surface area contributed by atoms with E-state index in [4.69, 9.17) is 4.74 Å². The van der Waals surface area contributed by atoms with Gasteiger partial charge < -0.3 is 4.74 Å². The molecule has 0 unspecified atom stereocenters. The largest absolute Gasteiger partial charge is 0.483 e. The van der Waals surface area contributed by atoms with Crippen molar-refractivity contribution in [3.8, 4) is 5.06 Å². The molecule has 108 valence electrons. The summed E-state index contributed by atoms with van der Waals surface area (Å²) in [6.07, 6.45) is 0. The van der Waals surface area contributed by atoms with E-state index in [-0.39, 0.29) is 4.90 Å². The Bertz CT molecular complexity index is 755. The van der Waals surface area contributed by atoms with Gasteiger partial charge in [-0.1, -0.05) is 28.0 Å². The van der Waals surface area contributed by atoms with Crippen LogP contribution in [0.15, 0.2) is 33.6 Å². The fourth-order valence-electron chi connectivity index (χ4n) is 1.51. The number of rotatable bonds is 4. The van der Waals surface area contributed by atoms with Crippen molar-refractivity contribution >= 4 is 30.7 Å². The van der Waals surface area contributed by atoms with Gasteiger partial charge in [-0.2, -0.15) is 8.42 Å². The first-order valence-electron chi connectivity index (χ1n) is 6.04. The van der Waals surface area contributed by atoms with Gasteiger partial charge in [0.05, 0.1) is 11.5 Å². The number of nitrogens with zero attached hydrogens (tertiary/aromatic N) is 1. The standard InChI is InChI=1S/C13H15NO3S3/c1-4-17-13-10(3)12(18-19-13)14-20(15,16)11-7-5-9(2)6-8-11/h5-8H,4H2,1-3H3. The second-order valence-corrected chi connectivity index (χ2v) is 7.89. The van der Waals surface area contributed by atoms with Crippen LogP contribution in [-0.2, 0) is 10.0 Å². The summed E-state index contributed by atoms with van der Waals surface area (Å²) in [5.41, 5.74) is 1.79. The molecular weight excluding hydrogens is 314 g/mol. The predicted octanol–water partition coefficient (Wildman–Crippen LogP) is 3.11. The van der Waals surface area contributed by atoms with E-state index in [2.05, 4.69) is 4.40 Å². The van der Waals surface area contributed by atoms with Crippen molar-refractivity contribution in [1.29, 1.82) is 0 Å². The van der Waals surface area contributed by atoms with Crippen LogP contribution in [-0.4, -0.2) is 15.0 Å². The van der Waals surface area contributed by atoms with Gasteiger partial charge in [-0.05, 0) is 43.2 Å². The van der Waals surface area contributed by atoms with Gasteiger partial charge in [0.2, 0.25) is 0 Å². The van der Waals surface area contributed by atoms with E-state index in [0.29, 0.717) is 11.3 Å². The maximum absolute atomic E-state index is 12.2. The Labute approximate surface area is 125 Å². The lowest BCUT2D eigenvalue weighted by Crippen LogP contribution is -2.06. The molecule has 7 heteroatoms. The van der Waals surface area contributed by atoms with E-state index >= 15 is 0 Å². The van der Waals surface area contributed by atoms with E-state index in [1.807, 2.05) is 20.8 Å². The normalized spacial score (nSPS) is 12.7. The Balaban J connectivity index is 2.46. The highest BCUT2D eigenvalue weighted by molar-refractivity contribution is 7.90. The molecule has 0 spiro atoms. The molecule has 1 aromatic heterocycles. The average Bonchev–Trinajstić information content (AvgIpc) is 2.72. The summed E-state index contributed by atoms with van der Waals surface area (Å²) in [6.45, 7) is 6.18. The first-order valence-corrected chi connectivity index (χ1v) is 9.63. The monoisotopic (exact) mass is 329 g/mol. The van der Waals surface area contributed by atoms with Gasteiger partial charge in [0.15, 0.2) is 5.06 Å². The second kappa shape index (κ2) is 6.07. The highest BCUT2D eigenvalue weighted by atomic mass is 32.9. The van der Waals surface area contributed by atoms with Gasteiger partial charge in [0.1, 0.15) is 4.67 Å². The molecule has 0 saturated heterocycles. The molecule has 0 aliphatic heterocycles. The molecule has 0 N–H and O–H groups in total. The summed E-state index contributed by atoms with van der Waals surface area (Å²) in [6, 6.07) is 6.67. The lowest BCUT2D eigenvalue weighted by Gasteiger charge is -1.99. The summed E-state index contributed by atoms with van der Waals surface area (Å²) in [7, 11) is -0.956. The van der Waals surface area contributed by atoms with Gasteiger partial charge >= 0.3 is 0 Å². The third-order valence-electron chi connectivity index (χ3n) is 2.62. The topological polar surface area (TPSA) is 55.7 Å². The Morgan fingerprint density at radius 2 is 1.80 bits per heavy atom. The van der Waals surface area contributed by atoms with Crippen LogP contribution in [0.2, 0.25) is 0 Å². The average molecular weight is 329 g/mol. The minimum atomic E-state index is -3.67. The van der Waals surface area contributed by atoms with Crippen LogP contribution >= 0.6 is 20.7 Å². The van der Waals surface area contributed by atoms with Crippen LogP contribution < -0.4 is 9.41 Å². The van der Waals surface area contributed by atoms with Crippen molar-refractivity contribution in [2.75, 3.05) is 6.61 Å². The smallest absolute Gasteiger partial charge is 0.283 e. The summed E-state index contributed by atoms with van der Waals surface area (Å²) in [5.74, 6) is 0. The maximum atomic E-state index is 12.2. The number of sulfonamides is 1. The number of hydrogen-bond donors (Lipinski definition) is 0. The Kier molecular flexibility index (Phi) is 4.62. The van der Waals surface area contributed by atoms with E-state index in [1.54, 1.807) is 24.3 Å². The maximum Gasteiger partial charge on any atom is 0.283 e. The number of hydrogen-bond acceptors (Lipinski definition) is 5. The lowest BCUT2D eigenvalue weighted by molar-refractivity contribution is 0.348. The highest BCUT2D eigenvalue weighted by Crippen LogP contribution is 2.25. The summed E-state index contributed by atoms with van der Waals surface area (Å²) in [4.78, 5) is 0.207. The third kappa shape index (κ3) is 3.28. The molecule has 0 saturated carbocycles. The molecule has 20 heavy (non-hydrogen) atoms. The molecule has 0 fully saturated rings. The van der Waals surface area contributed by atoms with Crippen LogP contribution in [0, 0.1) is 13.8 Å². The predicted molar refractivity (Wildman–Crippen MR) is 82.0 cm³/mol. The fraction of sp³-hybridized carbons (Fsp3) is 0.308. The number of benzene rings is 1. The van der Waals surface area contributed by atoms with Crippen LogP contribution in [0.25, 0.3) is 0 Å². The minimum Gasteiger partial charge on any atom is -0.483 e. The van der Waals surface area contributed by atoms with Crippen molar-refractivity contribution in [2.45, 2.75) is 25.7 Å². The first-order chi connectivity index (χ1) is 9.44. The van der Waals surface area contributed by atoms with Gasteiger partial charge in [0, 0.05) is 5.56 Å². The molecule has 2 rings (SSSR count). The highest BCUT2D eigenvalue weighted by Gasteiger charge is 2.14. The van der Waals surface area contributed by atoms with E-state index < -0.39 is 10.0 Å². The quantitative estimate of drug-likeness (QED) is 0.810. The van der Waals surface area contributed by atoms with Crippen molar-refractivity contribution in [3.05, 3.63) is 40.1 Å². The van der Waals surface area contributed by atoms with Crippen LogP contribution in [0.1, 0.15) is 18.1 Å². The molecule has 0 aliphatic carbocycles. The first kappa shape index (κ1) is 15.2. The zero-order valence-electron chi connectivity index (χ0n) is 11.4. The second-order valence-electron chi connectivity index (χ2n) is 4.20. The van der Waals surface area contributed by atoms with Crippen LogP contribution in [0.4, 0.5) is 0 Å². The van der Waals surface area contributed by atoms with Crippen LogP contribution in [0.3, 0.4) is 0 Å². The van der Waals surface area contributed by atoms with Gasteiger partial charge in [-0.15, -0.1) is 4.40 Å². The van der Waals surface area contributed by atoms with Gasteiger partial charge in [0.25, 0.3) is 10.0 Å². The zero-order chi connectivity index (χ0) is 14.8. The number of aryl methyl sites for hydroxylation is 1. The lowest BCUT2D eigenvalue weighted by atomic mass is 10.2. The molecule has 0 bridgehead atoms. The molecule has 0 amide bonds. The molecule has 2 aromatic rings. The van der Waals surface area contributed by atoms with Crippen molar-refractivity contribution in [3.63, 3.8) is 0 Å². The summed E-state index contributed by atoms with van der Waals surface area (Å²) in [5, 5.41) is 0.732. The Morgan fingerprint density at radius 1 is 1.15 bits per heavy atom. The van der Waals surface area contributed by atoms with E-state index in [0.717, 1.165) is 16.2 Å². The van der Waals surface area contributed by atoms with Gasteiger partial charge in [-0.3, -0.25) is 0 Å². The molecule has 1 aromatic carbocycles. The van der Waals surface area contributed by atoms with Crippen molar-refractivity contribution in [1.82, 2.24) is 0 Å². The Morgan fingerprint density at radius 3 is 2.40 bits per heavy atom. The zero-order valence-corrected chi connectivity index (χ0v) is 13.9. The van der Waals surface area contributed by atoms with E-state index in [1.165, 1.54) is 20.7 Å². The molecular formula is C13H15NO3S3. The fourth-order valence-corrected chi connectivity index (χ4v) is 5.32. The molecule has 0 aliphatic rings.